The third kappa shape index (κ3) is 1.89. The third-order valence-electron chi connectivity index (χ3n) is 3.29. The summed E-state index contributed by atoms with van der Waals surface area (Å²) in [4.78, 5) is 3.96. The molecule has 0 unspecified atom stereocenters. The van der Waals surface area contributed by atoms with E-state index in [-0.39, 0.29) is 0 Å². The van der Waals surface area contributed by atoms with E-state index >= 15 is 0 Å². The van der Waals surface area contributed by atoms with Gasteiger partial charge in [-0.05, 0) is 31.6 Å². The fourth-order valence-corrected chi connectivity index (χ4v) is 2.28. The zero-order chi connectivity index (χ0) is 9.97. The van der Waals surface area contributed by atoms with Crippen LogP contribution in [0, 0.1) is 5.92 Å². The van der Waals surface area contributed by atoms with Crippen LogP contribution < -0.4 is 5.73 Å². The van der Waals surface area contributed by atoms with Crippen molar-refractivity contribution in [3.63, 3.8) is 0 Å². The summed E-state index contributed by atoms with van der Waals surface area (Å²) in [6.45, 7) is 2.28. The van der Waals surface area contributed by atoms with Crippen LogP contribution in [-0.2, 0) is 0 Å². The molecule has 1 heterocycles. The fourth-order valence-electron chi connectivity index (χ4n) is 2.28. The largest absolute Gasteiger partial charge is 0.367 e. The van der Waals surface area contributed by atoms with Crippen LogP contribution >= 0.6 is 0 Å². The maximum Gasteiger partial charge on any atom is 0.239 e. The molecule has 0 aliphatic heterocycles. The van der Waals surface area contributed by atoms with E-state index in [1.165, 1.54) is 32.1 Å². The van der Waals surface area contributed by atoms with Crippen LogP contribution in [0.5, 0.6) is 0 Å². The molecule has 4 nitrogen and oxygen atoms in total. The summed E-state index contributed by atoms with van der Waals surface area (Å²) < 4.78 is 1.93. The van der Waals surface area contributed by atoms with Crippen LogP contribution in [0.2, 0.25) is 0 Å². The minimum Gasteiger partial charge on any atom is -0.367 e. The molecule has 1 aromatic rings. The van der Waals surface area contributed by atoms with E-state index < -0.39 is 0 Å². The minimum atomic E-state index is 0.391. The van der Waals surface area contributed by atoms with E-state index in [0.29, 0.717) is 12.0 Å². The Kier molecular flexibility index (Phi) is 2.70. The molecule has 14 heavy (non-hydrogen) atoms. The average molecular weight is 194 g/mol. The highest BCUT2D eigenvalue weighted by molar-refractivity contribution is 5.09. The first-order chi connectivity index (χ1) is 6.79. The van der Waals surface area contributed by atoms with Gasteiger partial charge in [-0.1, -0.05) is 13.3 Å². The Labute approximate surface area is 84.5 Å². The molecule has 2 N–H and O–H groups in total. The Balaban J connectivity index is 1.95. The highest BCUT2D eigenvalue weighted by atomic mass is 15.4. The maximum absolute atomic E-state index is 5.50. The monoisotopic (exact) mass is 194 g/mol. The molecule has 1 aromatic heterocycles. The lowest BCUT2D eigenvalue weighted by Gasteiger charge is -2.27. The molecule has 0 amide bonds. The number of hydrogen-bond acceptors (Lipinski definition) is 3. The molecular formula is C10H18N4. The van der Waals surface area contributed by atoms with Gasteiger partial charge in [-0.25, -0.2) is 9.67 Å². The lowest BCUT2D eigenvalue weighted by atomic mass is 9.85. The summed E-state index contributed by atoms with van der Waals surface area (Å²) in [5.74, 6) is 1.31. The molecule has 1 aliphatic carbocycles. The van der Waals surface area contributed by atoms with Crippen molar-refractivity contribution in [2.24, 2.45) is 5.92 Å². The van der Waals surface area contributed by atoms with Crippen molar-refractivity contribution in [3.8, 4) is 0 Å². The number of aromatic nitrogens is 3. The van der Waals surface area contributed by atoms with Crippen molar-refractivity contribution in [2.75, 3.05) is 5.73 Å². The van der Waals surface area contributed by atoms with Crippen LogP contribution in [0.15, 0.2) is 6.33 Å². The standard InChI is InChI=1S/C10H18N4/c1-2-8-3-5-9(6-4-8)14-7-12-10(11)13-14/h7-9H,2-6H2,1H3,(H2,11,13). The average Bonchev–Trinajstić information content (AvgIpc) is 2.65. The Morgan fingerprint density at radius 3 is 2.64 bits per heavy atom. The van der Waals surface area contributed by atoms with Gasteiger partial charge in [0.2, 0.25) is 5.95 Å². The van der Waals surface area contributed by atoms with E-state index in [1.807, 2.05) is 4.68 Å². The molecule has 0 bridgehead atoms. The van der Waals surface area contributed by atoms with Gasteiger partial charge in [-0.3, -0.25) is 0 Å². The smallest absolute Gasteiger partial charge is 0.239 e. The van der Waals surface area contributed by atoms with Gasteiger partial charge < -0.3 is 5.73 Å². The fraction of sp³-hybridized carbons (Fsp3) is 0.800. The summed E-state index contributed by atoms with van der Waals surface area (Å²) in [6.07, 6.45) is 8.16. The molecule has 0 atom stereocenters. The third-order valence-corrected chi connectivity index (χ3v) is 3.29. The Bertz CT molecular complexity index is 286. The van der Waals surface area contributed by atoms with Crippen LogP contribution in [0.25, 0.3) is 0 Å². The van der Waals surface area contributed by atoms with Gasteiger partial charge in [-0.2, -0.15) is 0 Å². The van der Waals surface area contributed by atoms with E-state index in [4.69, 9.17) is 5.73 Å². The number of rotatable bonds is 2. The number of nitrogen functional groups attached to an aromatic ring is 1. The maximum atomic E-state index is 5.50. The van der Waals surface area contributed by atoms with Gasteiger partial charge in [0.05, 0.1) is 6.04 Å². The lowest BCUT2D eigenvalue weighted by Crippen LogP contribution is -2.18. The van der Waals surface area contributed by atoms with Crippen LogP contribution in [0.4, 0.5) is 5.95 Å². The molecule has 0 radical (unpaired) electrons. The van der Waals surface area contributed by atoms with E-state index in [2.05, 4.69) is 17.0 Å². The highest BCUT2D eigenvalue weighted by Gasteiger charge is 2.21. The van der Waals surface area contributed by atoms with Crippen molar-refractivity contribution in [1.82, 2.24) is 14.8 Å². The Morgan fingerprint density at radius 1 is 1.43 bits per heavy atom. The van der Waals surface area contributed by atoms with Gasteiger partial charge in [0.15, 0.2) is 0 Å². The molecule has 1 saturated carbocycles. The lowest BCUT2D eigenvalue weighted by molar-refractivity contribution is 0.256. The Morgan fingerprint density at radius 2 is 2.14 bits per heavy atom. The first-order valence-electron chi connectivity index (χ1n) is 5.46. The van der Waals surface area contributed by atoms with Gasteiger partial charge in [0, 0.05) is 0 Å². The second-order valence-electron chi connectivity index (χ2n) is 4.17. The summed E-state index contributed by atoms with van der Waals surface area (Å²) in [5.41, 5.74) is 5.50. The number of nitrogens with two attached hydrogens (primary N) is 1. The predicted octanol–water partition coefficient (Wildman–Crippen LogP) is 2.00. The topological polar surface area (TPSA) is 56.7 Å². The van der Waals surface area contributed by atoms with Gasteiger partial charge in [0.1, 0.15) is 6.33 Å². The second kappa shape index (κ2) is 3.98. The highest BCUT2D eigenvalue weighted by Crippen LogP contribution is 2.32. The Hall–Kier alpha value is -1.06. The summed E-state index contributed by atoms with van der Waals surface area (Å²) in [7, 11) is 0. The van der Waals surface area contributed by atoms with Crippen molar-refractivity contribution >= 4 is 5.95 Å². The number of anilines is 1. The molecule has 2 rings (SSSR count). The van der Waals surface area contributed by atoms with Crippen molar-refractivity contribution < 1.29 is 0 Å². The molecule has 0 aromatic carbocycles. The van der Waals surface area contributed by atoms with Crippen molar-refractivity contribution in [3.05, 3.63) is 6.33 Å². The molecule has 0 saturated heterocycles. The van der Waals surface area contributed by atoms with Crippen molar-refractivity contribution in [2.45, 2.75) is 45.1 Å². The number of nitrogens with zero attached hydrogens (tertiary/aromatic N) is 3. The van der Waals surface area contributed by atoms with Gasteiger partial charge in [0.25, 0.3) is 0 Å². The first kappa shape index (κ1) is 9.49. The molecular weight excluding hydrogens is 176 g/mol. The quantitative estimate of drug-likeness (QED) is 0.783. The first-order valence-corrected chi connectivity index (χ1v) is 5.46. The second-order valence-corrected chi connectivity index (χ2v) is 4.17. The zero-order valence-electron chi connectivity index (χ0n) is 8.69. The van der Waals surface area contributed by atoms with Crippen molar-refractivity contribution in [1.29, 1.82) is 0 Å². The van der Waals surface area contributed by atoms with Gasteiger partial charge >= 0.3 is 0 Å². The van der Waals surface area contributed by atoms with Gasteiger partial charge in [-0.15, -0.1) is 5.10 Å². The number of hydrogen-bond donors (Lipinski definition) is 1. The molecule has 0 spiro atoms. The normalized spacial score (nSPS) is 27.8. The molecule has 4 heteroatoms. The van der Waals surface area contributed by atoms with Crippen LogP contribution in [0.1, 0.15) is 45.1 Å². The zero-order valence-corrected chi connectivity index (χ0v) is 8.69. The van der Waals surface area contributed by atoms with E-state index in [0.717, 1.165) is 5.92 Å². The predicted molar refractivity (Wildman–Crippen MR) is 55.7 cm³/mol. The van der Waals surface area contributed by atoms with E-state index in [9.17, 15) is 0 Å². The minimum absolute atomic E-state index is 0.391. The molecule has 78 valence electrons. The van der Waals surface area contributed by atoms with Crippen LogP contribution in [-0.4, -0.2) is 14.8 Å². The van der Waals surface area contributed by atoms with E-state index in [1.54, 1.807) is 6.33 Å². The SMILES string of the molecule is CCC1CCC(n2cnc(N)n2)CC1. The molecule has 1 fully saturated rings. The molecule has 1 aliphatic rings. The summed E-state index contributed by atoms with van der Waals surface area (Å²) >= 11 is 0. The summed E-state index contributed by atoms with van der Waals surface area (Å²) in [5, 5.41) is 4.17. The van der Waals surface area contributed by atoms with Crippen LogP contribution in [0.3, 0.4) is 0 Å². The summed E-state index contributed by atoms with van der Waals surface area (Å²) in [6, 6.07) is 0.530.